The molecule has 3 rings (SSSR count). The van der Waals surface area contributed by atoms with Crippen LogP contribution in [0.4, 0.5) is 5.82 Å². The Morgan fingerprint density at radius 3 is 2.75 bits per heavy atom. The maximum atomic E-state index is 6.00. The molecule has 3 nitrogen and oxygen atoms in total. The molecule has 2 atom stereocenters. The van der Waals surface area contributed by atoms with Crippen LogP contribution in [0.15, 0.2) is 47.1 Å². The first-order chi connectivity index (χ1) is 9.65. The topological polar surface area (TPSA) is 25.1 Å². The number of anilines is 1. The Bertz CT molecular complexity index is 615. The van der Waals surface area contributed by atoms with Crippen LogP contribution < -0.4 is 14.6 Å². The van der Waals surface area contributed by atoms with Crippen molar-refractivity contribution >= 4 is 21.7 Å². The van der Waals surface area contributed by atoms with Crippen molar-refractivity contribution in [2.45, 2.75) is 32.5 Å². The fourth-order valence-corrected chi connectivity index (χ4v) is 2.87. The standard InChI is InChI=1S/C16H17BrN2O/c1-11-12(2)19-9-14(17)8-15(16(19)18-11)20-10-13-6-4-3-5-7-13/h3-9,11-12H,10H2,1-2H3/p+1. The molecule has 0 amide bonds. The van der Waals surface area contributed by atoms with Crippen molar-refractivity contribution in [2.75, 3.05) is 5.32 Å². The zero-order chi connectivity index (χ0) is 14.1. The molecule has 104 valence electrons. The maximum Gasteiger partial charge on any atom is 0.318 e. The van der Waals surface area contributed by atoms with E-state index in [1.807, 2.05) is 24.3 Å². The minimum Gasteiger partial charge on any atom is -0.481 e. The highest BCUT2D eigenvalue weighted by Crippen LogP contribution is 2.31. The summed E-state index contributed by atoms with van der Waals surface area (Å²) in [6, 6.07) is 13.1. The number of pyridine rings is 1. The lowest BCUT2D eigenvalue weighted by Gasteiger charge is -2.09. The van der Waals surface area contributed by atoms with Gasteiger partial charge in [0.15, 0.2) is 0 Å². The van der Waals surface area contributed by atoms with Gasteiger partial charge in [-0.2, -0.15) is 0 Å². The second-order valence-corrected chi connectivity index (χ2v) is 6.14. The Balaban J connectivity index is 1.86. The number of hydrogen-bond acceptors (Lipinski definition) is 2. The van der Waals surface area contributed by atoms with E-state index >= 15 is 0 Å². The van der Waals surface area contributed by atoms with Crippen LogP contribution in [0.1, 0.15) is 25.5 Å². The highest BCUT2D eigenvalue weighted by atomic mass is 79.9. The van der Waals surface area contributed by atoms with Crippen LogP contribution in [0.5, 0.6) is 5.75 Å². The van der Waals surface area contributed by atoms with Crippen LogP contribution in [0.25, 0.3) is 0 Å². The van der Waals surface area contributed by atoms with Gasteiger partial charge in [-0.15, -0.1) is 0 Å². The van der Waals surface area contributed by atoms with E-state index in [4.69, 9.17) is 4.74 Å². The van der Waals surface area contributed by atoms with Gasteiger partial charge in [0, 0.05) is 6.07 Å². The summed E-state index contributed by atoms with van der Waals surface area (Å²) in [4.78, 5) is 0. The first-order valence-electron chi connectivity index (χ1n) is 6.83. The molecule has 1 aliphatic rings. The molecule has 0 saturated heterocycles. The molecule has 4 heteroatoms. The zero-order valence-electron chi connectivity index (χ0n) is 11.6. The third-order valence-electron chi connectivity index (χ3n) is 3.79. The molecule has 0 saturated carbocycles. The molecule has 1 N–H and O–H groups in total. The number of ether oxygens (including phenoxy) is 1. The quantitative estimate of drug-likeness (QED) is 0.866. The van der Waals surface area contributed by atoms with E-state index in [1.165, 1.54) is 5.56 Å². The summed E-state index contributed by atoms with van der Waals surface area (Å²) >= 11 is 3.56. The molecule has 20 heavy (non-hydrogen) atoms. The number of benzene rings is 1. The third-order valence-corrected chi connectivity index (χ3v) is 4.22. The Kier molecular flexibility index (Phi) is 3.66. The normalized spacial score (nSPS) is 20.4. The van der Waals surface area contributed by atoms with Gasteiger partial charge in [-0.25, -0.2) is 4.57 Å². The second-order valence-electron chi connectivity index (χ2n) is 5.23. The summed E-state index contributed by atoms with van der Waals surface area (Å²) in [5, 5.41) is 3.50. The smallest absolute Gasteiger partial charge is 0.318 e. The van der Waals surface area contributed by atoms with Gasteiger partial charge in [-0.05, 0) is 35.3 Å². The van der Waals surface area contributed by atoms with Crippen molar-refractivity contribution in [3.8, 4) is 5.75 Å². The van der Waals surface area contributed by atoms with Crippen LogP contribution in [0.3, 0.4) is 0 Å². The van der Waals surface area contributed by atoms with Gasteiger partial charge in [-0.1, -0.05) is 30.3 Å². The predicted octanol–water partition coefficient (Wildman–Crippen LogP) is 3.69. The molecule has 0 radical (unpaired) electrons. The van der Waals surface area contributed by atoms with Crippen molar-refractivity contribution in [1.29, 1.82) is 0 Å². The first kappa shape index (κ1) is 13.4. The number of fused-ring (bicyclic) bond motifs is 1. The van der Waals surface area contributed by atoms with Crippen molar-refractivity contribution in [2.24, 2.45) is 0 Å². The Morgan fingerprint density at radius 2 is 2.00 bits per heavy atom. The largest absolute Gasteiger partial charge is 0.481 e. The van der Waals surface area contributed by atoms with Gasteiger partial charge in [0.05, 0.1) is 4.47 Å². The number of halogens is 1. The van der Waals surface area contributed by atoms with Gasteiger partial charge in [0.25, 0.3) is 0 Å². The summed E-state index contributed by atoms with van der Waals surface area (Å²) in [6.45, 7) is 4.98. The lowest BCUT2D eigenvalue weighted by Crippen LogP contribution is -2.36. The molecule has 1 aromatic heterocycles. The zero-order valence-corrected chi connectivity index (χ0v) is 13.2. The van der Waals surface area contributed by atoms with Crippen molar-refractivity contribution in [3.63, 3.8) is 0 Å². The third kappa shape index (κ3) is 2.52. The molecule has 0 bridgehead atoms. The van der Waals surface area contributed by atoms with Crippen molar-refractivity contribution < 1.29 is 9.30 Å². The first-order valence-corrected chi connectivity index (χ1v) is 7.62. The van der Waals surface area contributed by atoms with Crippen LogP contribution in [-0.4, -0.2) is 6.04 Å². The fraction of sp³-hybridized carbons (Fsp3) is 0.312. The molecule has 2 heterocycles. The molecule has 1 aliphatic heterocycles. The molecular formula is C16H18BrN2O+. The van der Waals surface area contributed by atoms with E-state index in [0.29, 0.717) is 18.7 Å². The molecule has 0 fully saturated rings. The average Bonchev–Trinajstić information content (AvgIpc) is 2.74. The molecule has 2 aromatic rings. The van der Waals surface area contributed by atoms with Crippen molar-refractivity contribution in [1.82, 2.24) is 0 Å². The van der Waals surface area contributed by atoms with E-state index < -0.39 is 0 Å². The SMILES string of the molecule is CC1Nc2c(OCc3ccccc3)cc(Br)c[n+]2C1C. The van der Waals surface area contributed by atoms with Crippen LogP contribution >= 0.6 is 15.9 Å². The van der Waals surface area contributed by atoms with E-state index in [2.05, 4.69) is 58.0 Å². The van der Waals surface area contributed by atoms with E-state index in [-0.39, 0.29) is 0 Å². The highest BCUT2D eigenvalue weighted by molar-refractivity contribution is 9.10. The minimum absolute atomic E-state index is 0.406. The molecular weight excluding hydrogens is 316 g/mol. The lowest BCUT2D eigenvalue weighted by atomic mass is 10.2. The molecule has 0 spiro atoms. The van der Waals surface area contributed by atoms with E-state index in [0.717, 1.165) is 16.0 Å². The van der Waals surface area contributed by atoms with Gasteiger partial charge in [0.1, 0.15) is 24.9 Å². The van der Waals surface area contributed by atoms with Crippen LogP contribution in [0.2, 0.25) is 0 Å². The van der Waals surface area contributed by atoms with Gasteiger partial charge in [-0.3, -0.25) is 5.32 Å². The van der Waals surface area contributed by atoms with Gasteiger partial charge < -0.3 is 4.74 Å². The minimum atomic E-state index is 0.406. The van der Waals surface area contributed by atoms with Gasteiger partial charge >= 0.3 is 5.82 Å². The average molecular weight is 334 g/mol. The number of rotatable bonds is 3. The summed E-state index contributed by atoms with van der Waals surface area (Å²) in [5.41, 5.74) is 1.17. The van der Waals surface area contributed by atoms with E-state index in [9.17, 15) is 0 Å². The molecule has 1 aromatic carbocycles. The number of nitrogens with zero attached hydrogens (tertiary/aromatic N) is 1. The molecule has 0 aliphatic carbocycles. The number of nitrogens with one attached hydrogen (secondary N) is 1. The predicted molar refractivity (Wildman–Crippen MR) is 82.9 cm³/mol. The fourth-order valence-electron chi connectivity index (χ4n) is 2.44. The van der Waals surface area contributed by atoms with Crippen LogP contribution in [-0.2, 0) is 6.61 Å². The Hall–Kier alpha value is -1.55. The Labute approximate surface area is 127 Å². The number of aromatic nitrogens is 1. The summed E-state index contributed by atoms with van der Waals surface area (Å²) in [6.07, 6.45) is 2.10. The lowest BCUT2D eigenvalue weighted by molar-refractivity contribution is -0.697. The maximum absolute atomic E-state index is 6.00. The van der Waals surface area contributed by atoms with Gasteiger partial charge in [0.2, 0.25) is 5.75 Å². The van der Waals surface area contributed by atoms with Crippen LogP contribution in [0, 0.1) is 0 Å². The Morgan fingerprint density at radius 1 is 1.25 bits per heavy atom. The van der Waals surface area contributed by atoms with E-state index in [1.54, 1.807) is 0 Å². The van der Waals surface area contributed by atoms with Crippen molar-refractivity contribution in [3.05, 3.63) is 52.6 Å². The highest BCUT2D eigenvalue weighted by Gasteiger charge is 2.35. The summed E-state index contributed by atoms with van der Waals surface area (Å²) in [7, 11) is 0. The monoisotopic (exact) mass is 333 g/mol. The number of hydrogen-bond donors (Lipinski definition) is 1. The summed E-state index contributed by atoms with van der Waals surface area (Å²) in [5.74, 6) is 1.95. The summed E-state index contributed by atoms with van der Waals surface area (Å²) < 4.78 is 9.26. The second kappa shape index (κ2) is 5.44. The molecule has 2 unspecified atom stereocenters.